The molecular formula is C29H35Cl2N3O3. The van der Waals surface area contributed by atoms with Gasteiger partial charge in [-0.1, -0.05) is 46.5 Å². The Morgan fingerprint density at radius 2 is 1.49 bits per heavy atom. The Hall–Kier alpha value is -2.57. The predicted octanol–water partition coefficient (Wildman–Crippen LogP) is 5.33. The largest absolute Gasteiger partial charge is 0.343 e. The van der Waals surface area contributed by atoms with Crippen molar-refractivity contribution in [2.24, 2.45) is 5.92 Å². The molecule has 0 bridgehead atoms. The van der Waals surface area contributed by atoms with Crippen LogP contribution in [-0.4, -0.2) is 71.7 Å². The number of rotatable bonds is 4. The summed E-state index contributed by atoms with van der Waals surface area (Å²) in [7, 11) is 1.85. The Bertz CT molecular complexity index is 1170. The molecule has 37 heavy (non-hydrogen) atoms. The molecular weight excluding hydrogens is 509 g/mol. The number of halogens is 2. The highest BCUT2D eigenvalue weighted by atomic mass is 35.5. The van der Waals surface area contributed by atoms with Crippen molar-refractivity contribution in [1.29, 1.82) is 0 Å². The number of likely N-dealkylation sites (tertiary alicyclic amines) is 2. The van der Waals surface area contributed by atoms with Gasteiger partial charge in [0.1, 0.15) is 0 Å². The summed E-state index contributed by atoms with van der Waals surface area (Å²) in [6, 6.07) is 11.4. The Kier molecular flexibility index (Phi) is 8.49. The third kappa shape index (κ3) is 6.12. The summed E-state index contributed by atoms with van der Waals surface area (Å²) in [6.45, 7) is 7.87. The lowest BCUT2D eigenvalue weighted by Crippen LogP contribution is -2.53. The van der Waals surface area contributed by atoms with Crippen molar-refractivity contribution in [3.8, 4) is 0 Å². The highest BCUT2D eigenvalue weighted by Crippen LogP contribution is 2.35. The summed E-state index contributed by atoms with van der Waals surface area (Å²) in [6.07, 6.45) is 2.03. The van der Waals surface area contributed by atoms with Gasteiger partial charge in [-0.2, -0.15) is 0 Å². The zero-order valence-electron chi connectivity index (χ0n) is 22.0. The minimum absolute atomic E-state index is 0.0294. The van der Waals surface area contributed by atoms with Crippen molar-refractivity contribution in [3.63, 3.8) is 0 Å². The first kappa shape index (κ1) is 27.5. The van der Waals surface area contributed by atoms with Gasteiger partial charge in [-0.05, 0) is 62.9 Å². The quantitative estimate of drug-likeness (QED) is 0.523. The molecule has 2 atom stereocenters. The fourth-order valence-electron chi connectivity index (χ4n) is 5.83. The third-order valence-corrected chi connectivity index (χ3v) is 8.57. The molecule has 0 aromatic heterocycles. The van der Waals surface area contributed by atoms with E-state index in [9.17, 15) is 14.4 Å². The first-order valence-corrected chi connectivity index (χ1v) is 13.7. The lowest BCUT2D eigenvalue weighted by molar-refractivity contribution is -0.141. The van der Waals surface area contributed by atoms with Gasteiger partial charge in [0, 0.05) is 63.6 Å². The summed E-state index contributed by atoms with van der Waals surface area (Å²) in [4.78, 5) is 44.4. The highest BCUT2D eigenvalue weighted by molar-refractivity contribution is 6.42. The van der Waals surface area contributed by atoms with E-state index in [-0.39, 0.29) is 35.6 Å². The SMILES string of the molecule is CC(=O)N1CCC(C(=O)N2CC[C@@H](N(C)C(=O)c3cc(C)cc(C)c3)[C@H](c3ccc(Cl)c(Cl)c3)C2)CC1. The van der Waals surface area contributed by atoms with Gasteiger partial charge >= 0.3 is 0 Å². The zero-order valence-corrected chi connectivity index (χ0v) is 23.5. The average Bonchev–Trinajstić information content (AvgIpc) is 2.88. The van der Waals surface area contributed by atoms with E-state index in [1.54, 1.807) is 13.0 Å². The molecule has 0 N–H and O–H groups in total. The second kappa shape index (κ2) is 11.4. The van der Waals surface area contributed by atoms with E-state index >= 15 is 0 Å². The number of likely N-dealkylation sites (N-methyl/N-ethyl adjacent to an activating group) is 1. The van der Waals surface area contributed by atoms with E-state index < -0.39 is 0 Å². The van der Waals surface area contributed by atoms with Crippen LogP contribution < -0.4 is 0 Å². The maximum Gasteiger partial charge on any atom is 0.253 e. The van der Waals surface area contributed by atoms with E-state index in [2.05, 4.69) is 6.07 Å². The normalized spacial score (nSPS) is 20.6. The van der Waals surface area contributed by atoms with E-state index in [0.29, 0.717) is 61.1 Å². The summed E-state index contributed by atoms with van der Waals surface area (Å²) in [5.74, 6) is -0.0305. The fraction of sp³-hybridized carbons (Fsp3) is 0.483. The van der Waals surface area contributed by atoms with Crippen molar-refractivity contribution in [2.75, 3.05) is 33.2 Å². The van der Waals surface area contributed by atoms with Crippen LogP contribution >= 0.6 is 23.2 Å². The molecule has 2 heterocycles. The first-order chi connectivity index (χ1) is 17.5. The Morgan fingerprint density at radius 3 is 2.08 bits per heavy atom. The molecule has 8 heteroatoms. The van der Waals surface area contributed by atoms with Gasteiger partial charge in [-0.3, -0.25) is 14.4 Å². The number of piperidine rings is 2. The average molecular weight is 545 g/mol. The molecule has 0 spiro atoms. The molecule has 4 rings (SSSR count). The molecule has 2 aromatic carbocycles. The van der Waals surface area contributed by atoms with Crippen LogP contribution in [0.15, 0.2) is 36.4 Å². The number of aryl methyl sites for hydroxylation is 2. The van der Waals surface area contributed by atoms with Gasteiger partial charge < -0.3 is 14.7 Å². The summed E-state index contributed by atoms with van der Waals surface area (Å²) in [5.41, 5.74) is 3.73. The lowest BCUT2D eigenvalue weighted by atomic mass is 9.83. The number of carbonyl (C=O) groups is 3. The number of hydrogen-bond donors (Lipinski definition) is 0. The van der Waals surface area contributed by atoms with Crippen molar-refractivity contribution in [1.82, 2.24) is 14.7 Å². The van der Waals surface area contributed by atoms with E-state index in [0.717, 1.165) is 16.7 Å². The molecule has 3 amide bonds. The maximum atomic E-state index is 13.6. The van der Waals surface area contributed by atoms with Crippen LogP contribution in [0.2, 0.25) is 10.0 Å². The summed E-state index contributed by atoms with van der Waals surface area (Å²) in [5, 5.41) is 0.934. The second-order valence-corrected chi connectivity index (χ2v) is 11.3. The standard InChI is InChI=1S/C29H35Cl2N3O3/c1-18-13-19(2)15-23(14-18)28(36)32(4)27-9-12-34(17-24(27)22-5-6-25(30)26(31)16-22)29(37)21-7-10-33(11-8-21)20(3)35/h5-6,13-16,21,24,27H,7-12,17H2,1-4H3/t24-,27+/m0/s1. The molecule has 0 saturated carbocycles. The molecule has 2 aromatic rings. The van der Waals surface area contributed by atoms with E-state index in [4.69, 9.17) is 23.2 Å². The van der Waals surface area contributed by atoms with Gasteiger partial charge in [0.05, 0.1) is 10.0 Å². The number of carbonyl (C=O) groups excluding carboxylic acids is 3. The monoisotopic (exact) mass is 543 g/mol. The molecule has 2 aliphatic heterocycles. The third-order valence-electron chi connectivity index (χ3n) is 7.84. The fourth-order valence-corrected chi connectivity index (χ4v) is 6.13. The van der Waals surface area contributed by atoms with Crippen LogP contribution in [-0.2, 0) is 9.59 Å². The van der Waals surface area contributed by atoms with Gasteiger partial charge in [0.15, 0.2) is 0 Å². The smallest absolute Gasteiger partial charge is 0.253 e. The van der Waals surface area contributed by atoms with Crippen LogP contribution in [0.1, 0.15) is 59.2 Å². The molecule has 2 fully saturated rings. The van der Waals surface area contributed by atoms with Crippen molar-refractivity contribution < 1.29 is 14.4 Å². The minimum atomic E-state index is -0.107. The first-order valence-electron chi connectivity index (χ1n) is 12.9. The van der Waals surface area contributed by atoms with Gasteiger partial charge in [0.25, 0.3) is 5.91 Å². The van der Waals surface area contributed by atoms with Crippen LogP contribution in [0.3, 0.4) is 0 Å². The molecule has 0 aliphatic carbocycles. The lowest BCUT2D eigenvalue weighted by Gasteiger charge is -2.44. The summed E-state index contributed by atoms with van der Waals surface area (Å²) < 4.78 is 0. The number of hydrogen-bond acceptors (Lipinski definition) is 3. The molecule has 2 saturated heterocycles. The molecule has 0 radical (unpaired) electrons. The Morgan fingerprint density at radius 1 is 0.865 bits per heavy atom. The topological polar surface area (TPSA) is 60.9 Å². The van der Waals surface area contributed by atoms with Gasteiger partial charge in [-0.25, -0.2) is 0 Å². The Balaban J connectivity index is 1.57. The number of nitrogens with zero attached hydrogens (tertiary/aromatic N) is 3. The molecule has 2 aliphatic rings. The second-order valence-electron chi connectivity index (χ2n) is 10.5. The minimum Gasteiger partial charge on any atom is -0.343 e. The maximum absolute atomic E-state index is 13.6. The molecule has 198 valence electrons. The van der Waals surface area contributed by atoms with E-state index in [1.165, 1.54) is 0 Å². The predicted molar refractivity (Wildman–Crippen MR) is 147 cm³/mol. The molecule has 0 unspecified atom stereocenters. The molecule has 6 nitrogen and oxygen atoms in total. The van der Waals surface area contributed by atoms with Crippen LogP contribution in [0, 0.1) is 19.8 Å². The van der Waals surface area contributed by atoms with Crippen LogP contribution in [0.5, 0.6) is 0 Å². The van der Waals surface area contributed by atoms with E-state index in [1.807, 2.05) is 59.9 Å². The van der Waals surface area contributed by atoms with Gasteiger partial charge in [-0.15, -0.1) is 0 Å². The van der Waals surface area contributed by atoms with Crippen molar-refractivity contribution in [2.45, 2.75) is 52.0 Å². The Labute approximate surface area is 229 Å². The summed E-state index contributed by atoms with van der Waals surface area (Å²) >= 11 is 12.6. The highest BCUT2D eigenvalue weighted by Gasteiger charge is 2.39. The zero-order chi connectivity index (χ0) is 26.9. The number of amides is 3. The van der Waals surface area contributed by atoms with Crippen molar-refractivity contribution >= 4 is 40.9 Å². The van der Waals surface area contributed by atoms with Crippen LogP contribution in [0.25, 0.3) is 0 Å². The number of benzene rings is 2. The van der Waals surface area contributed by atoms with Crippen molar-refractivity contribution in [3.05, 3.63) is 68.7 Å². The van der Waals surface area contributed by atoms with Gasteiger partial charge in [0.2, 0.25) is 11.8 Å². The van der Waals surface area contributed by atoms with Crippen LogP contribution in [0.4, 0.5) is 0 Å².